The van der Waals surface area contributed by atoms with Crippen LogP contribution >= 0.6 is 27.3 Å². The Morgan fingerprint density at radius 3 is 2.79 bits per heavy atom. The second-order valence-electron chi connectivity index (χ2n) is 2.67. The Balaban J connectivity index is 2.49. The molecule has 0 N–H and O–H groups in total. The van der Waals surface area contributed by atoms with Gasteiger partial charge in [-0.15, -0.1) is 11.3 Å². The minimum atomic E-state index is 0.510. The van der Waals surface area contributed by atoms with Crippen LogP contribution in [0.2, 0.25) is 0 Å². The molecular weight excluding hydrogens is 262 g/mol. The number of rotatable bonds is 2. The van der Waals surface area contributed by atoms with E-state index >= 15 is 0 Å². The highest BCUT2D eigenvalue weighted by molar-refractivity contribution is 9.10. The van der Waals surface area contributed by atoms with Crippen LogP contribution in [0.15, 0.2) is 34.1 Å². The largest absolute Gasteiger partial charge is 0.295 e. The molecule has 0 unspecified atom stereocenters. The number of thiazole rings is 1. The van der Waals surface area contributed by atoms with Gasteiger partial charge in [-0.25, -0.2) is 4.98 Å². The Bertz CT molecular complexity index is 467. The molecule has 0 spiro atoms. The zero-order valence-electron chi connectivity index (χ0n) is 7.11. The van der Waals surface area contributed by atoms with Crippen LogP contribution in [-0.2, 0) is 0 Å². The first kappa shape index (κ1) is 9.55. The highest BCUT2D eigenvalue weighted by atomic mass is 79.9. The fourth-order valence-electron chi connectivity index (χ4n) is 1.13. The number of hydrogen-bond donors (Lipinski definition) is 0. The lowest BCUT2D eigenvalue weighted by molar-refractivity contribution is 0.112. The number of aromatic nitrogens is 1. The zero-order valence-corrected chi connectivity index (χ0v) is 9.51. The molecule has 0 saturated heterocycles. The SMILES string of the molecule is O=Cc1nc(-c2ccccc2Br)cs1. The van der Waals surface area contributed by atoms with Crippen LogP contribution in [0.3, 0.4) is 0 Å². The molecule has 2 nitrogen and oxygen atoms in total. The van der Waals surface area contributed by atoms with Crippen LogP contribution in [0.25, 0.3) is 11.3 Å². The third-order valence-electron chi connectivity index (χ3n) is 1.77. The zero-order chi connectivity index (χ0) is 9.97. The van der Waals surface area contributed by atoms with E-state index in [-0.39, 0.29) is 0 Å². The maximum absolute atomic E-state index is 10.5. The summed E-state index contributed by atoms with van der Waals surface area (Å²) < 4.78 is 0.989. The molecule has 0 bridgehead atoms. The van der Waals surface area contributed by atoms with Crippen molar-refractivity contribution in [1.29, 1.82) is 0 Å². The molecule has 4 heteroatoms. The number of aldehydes is 1. The molecule has 0 atom stereocenters. The van der Waals surface area contributed by atoms with Crippen LogP contribution in [-0.4, -0.2) is 11.3 Å². The Morgan fingerprint density at radius 2 is 2.14 bits per heavy atom. The number of carbonyl (C=O) groups is 1. The summed E-state index contributed by atoms with van der Waals surface area (Å²) in [6, 6.07) is 7.81. The minimum Gasteiger partial charge on any atom is -0.295 e. The van der Waals surface area contributed by atoms with E-state index in [2.05, 4.69) is 20.9 Å². The molecule has 2 rings (SSSR count). The summed E-state index contributed by atoms with van der Waals surface area (Å²) in [6.45, 7) is 0. The molecule has 0 aliphatic rings. The molecule has 0 aliphatic heterocycles. The van der Waals surface area contributed by atoms with E-state index in [0.29, 0.717) is 5.01 Å². The van der Waals surface area contributed by atoms with Crippen molar-refractivity contribution in [2.75, 3.05) is 0 Å². The third-order valence-corrected chi connectivity index (χ3v) is 3.23. The topological polar surface area (TPSA) is 30.0 Å². The fraction of sp³-hybridized carbons (Fsp3) is 0. The lowest BCUT2D eigenvalue weighted by Gasteiger charge is -1.98. The Morgan fingerprint density at radius 1 is 1.36 bits per heavy atom. The molecule has 2 aromatic rings. The van der Waals surface area contributed by atoms with E-state index in [1.54, 1.807) is 0 Å². The smallest absolute Gasteiger partial charge is 0.178 e. The number of benzene rings is 1. The molecule has 0 amide bonds. The van der Waals surface area contributed by atoms with Gasteiger partial charge in [0.1, 0.15) is 0 Å². The van der Waals surface area contributed by atoms with Gasteiger partial charge in [0.2, 0.25) is 0 Å². The molecule has 14 heavy (non-hydrogen) atoms. The second-order valence-corrected chi connectivity index (χ2v) is 4.41. The Kier molecular flexibility index (Phi) is 2.74. The van der Waals surface area contributed by atoms with Gasteiger partial charge in [-0.3, -0.25) is 4.79 Å². The molecule has 0 fully saturated rings. The number of carbonyl (C=O) groups excluding carboxylic acids is 1. The minimum absolute atomic E-state index is 0.510. The van der Waals surface area contributed by atoms with Crippen molar-refractivity contribution in [2.24, 2.45) is 0 Å². The molecular formula is C10H6BrNOS. The monoisotopic (exact) mass is 267 g/mol. The average molecular weight is 268 g/mol. The van der Waals surface area contributed by atoms with Crippen LogP contribution in [0, 0.1) is 0 Å². The van der Waals surface area contributed by atoms with Crippen LogP contribution < -0.4 is 0 Å². The third kappa shape index (κ3) is 1.76. The normalized spacial score (nSPS) is 10.1. The van der Waals surface area contributed by atoms with Crippen molar-refractivity contribution in [3.8, 4) is 11.3 Å². The van der Waals surface area contributed by atoms with Gasteiger partial charge in [0, 0.05) is 15.4 Å². The summed E-state index contributed by atoms with van der Waals surface area (Å²) in [5.74, 6) is 0. The van der Waals surface area contributed by atoms with Crippen molar-refractivity contribution in [3.63, 3.8) is 0 Å². The summed E-state index contributed by atoms with van der Waals surface area (Å²) >= 11 is 4.79. The van der Waals surface area contributed by atoms with Crippen molar-refractivity contribution >= 4 is 33.6 Å². The van der Waals surface area contributed by atoms with Crippen molar-refractivity contribution in [1.82, 2.24) is 4.98 Å². The van der Waals surface area contributed by atoms with Gasteiger partial charge >= 0.3 is 0 Å². The Labute approximate surface area is 93.7 Å². The highest BCUT2D eigenvalue weighted by Crippen LogP contribution is 2.28. The van der Waals surface area contributed by atoms with E-state index in [1.165, 1.54) is 11.3 Å². The molecule has 0 saturated carbocycles. The van der Waals surface area contributed by atoms with Gasteiger partial charge in [-0.2, -0.15) is 0 Å². The summed E-state index contributed by atoms with van der Waals surface area (Å²) in [6.07, 6.45) is 0.769. The van der Waals surface area contributed by atoms with Gasteiger partial charge in [0.15, 0.2) is 11.3 Å². The summed E-state index contributed by atoms with van der Waals surface area (Å²) in [4.78, 5) is 14.7. The van der Waals surface area contributed by atoms with Gasteiger partial charge in [-0.05, 0) is 6.07 Å². The molecule has 0 aliphatic carbocycles. The first-order chi connectivity index (χ1) is 6.81. The first-order valence-electron chi connectivity index (χ1n) is 3.97. The van der Waals surface area contributed by atoms with E-state index in [4.69, 9.17) is 0 Å². The van der Waals surface area contributed by atoms with E-state index in [9.17, 15) is 4.79 Å². The van der Waals surface area contributed by atoms with Crippen molar-refractivity contribution in [3.05, 3.63) is 39.1 Å². The van der Waals surface area contributed by atoms with Crippen LogP contribution in [0.1, 0.15) is 9.80 Å². The van der Waals surface area contributed by atoms with Crippen molar-refractivity contribution in [2.45, 2.75) is 0 Å². The Hall–Kier alpha value is -1.000. The van der Waals surface area contributed by atoms with Crippen LogP contribution in [0.4, 0.5) is 0 Å². The number of hydrogen-bond acceptors (Lipinski definition) is 3. The predicted molar refractivity (Wildman–Crippen MR) is 60.6 cm³/mol. The highest BCUT2D eigenvalue weighted by Gasteiger charge is 2.06. The lowest BCUT2D eigenvalue weighted by atomic mass is 10.2. The van der Waals surface area contributed by atoms with Gasteiger partial charge in [0.25, 0.3) is 0 Å². The molecule has 0 radical (unpaired) electrons. The first-order valence-corrected chi connectivity index (χ1v) is 5.64. The summed E-state index contributed by atoms with van der Waals surface area (Å²) in [5.41, 5.74) is 1.85. The molecule has 1 aromatic carbocycles. The quantitative estimate of drug-likeness (QED) is 0.781. The molecule has 70 valence electrons. The summed E-state index contributed by atoms with van der Waals surface area (Å²) in [7, 11) is 0. The lowest BCUT2D eigenvalue weighted by Crippen LogP contribution is -1.81. The second kappa shape index (κ2) is 4.02. The van der Waals surface area contributed by atoms with Crippen molar-refractivity contribution < 1.29 is 4.79 Å². The van der Waals surface area contributed by atoms with Gasteiger partial charge < -0.3 is 0 Å². The van der Waals surface area contributed by atoms with Gasteiger partial charge in [-0.1, -0.05) is 34.1 Å². The molecule has 1 aromatic heterocycles. The number of nitrogens with zero attached hydrogens (tertiary/aromatic N) is 1. The van der Waals surface area contributed by atoms with E-state index < -0.39 is 0 Å². The maximum atomic E-state index is 10.5. The maximum Gasteiger partial charge on any atom is 0.178 e. The fourth-order valence-corrected chi connectivity index (χ4v) is 2.24. The summed E-state index contributed by atoms with van der Waals surface area (Å²) in [5, 5.41) is 2.39. The van der Waals surface area contributed by atoms with Crippen LogP contribution in [0.5, 0.6) is 0 Å². The standard InChI is InChI=1S/C10H6BrNOS/c11-8-4-2-1-3-7(8)9-6-14-10(5-13)12-9/h1-6H. The van der Waals surface area contributed by atoms with E-state index in [0.717, 1.165) is 22.0 Å². The van der Waals surface area contributed by atoms with Gasteiger partial charge in [0.05, 0.1) is 5.69 Å². The average Bonchev–Trinajstić information content (AvgIpc) is 2.67. The van der Waals surface area contributed by atoms with E-state index in [1.807, 2.05) is 29.6 Å². The predicted octanol–water partition coefficient (Wildman–Crippen LogP) is 3.39. The number of halogens is 1. The molecule has 1 heterocycles.